The SMILES string of the molecule is Clc1ccc(N2CCC[C@@H](c3nccn3Cc3ccncc3)C2)nc1. The third-order valence-corrected chi connectivity index (χ3v) is 4.90. The average molecular weight is 354 g/mol. The van der Waals surface area contributed by atoms with Crippen LogP contribution in [0.3, 0.4) is 0 Å². The van der Waals surface area contributed by atoms with Crippen LogP contribution in [0, 0.1) is 0 Å². The van der Waals surface area contributed by atoms with E-state index in [1.54, 1.807) is 6.20 Å². The van der Waals surface area contributed by atoms with Gasteiger partial charge >= 0.3 is 0 Å². The molecule has 0 saturated carbocycles. The second-order valence-electron chi connectivity index (χ2n) is 6.39. The van der Waals surface area contributed by atoms with Gasteiger partial charge in [-0.1, -0.05) is 11.6 Å². The standard InChI is InChI=1S/C19H20ClN5/c20-17-3-4-18(23-12-17)24-10-1-2-16(14-24)19-22-9-11-25(19)13-15-5-7-21-8-6-15/h3-9,11-12,16H,1-2,10,13-14H2/t16-/m1/s1. The Labute approximate surface area is 152 Å². The molecule has 4 rings (SSSR count). The van der Waals surface area contributed by atoms with E-state index in [-0.39, 0.29) is 0 Å². The van der Waals surface area contributed by atoms with Crippen molar-refractivity contribution in [2.24, 2.45) is 0 Å². The summed E-state index contributed by atoms with van der Waals surface area (Å²) in [6, 6.07) is 8.00. The van der Waals surface area contributed by atoms with E-state index >= 15 is 0 Å². The molecule has 5 nitrogen and oxygen atoms in total. The number of imidazole rings is 1. The van der Waals surface area contributed by atoms with Gasteiger partial charge in [0.1, 0.15) is 11.6 Å². The number of hydrogen-bond acceptors (Lipinski definition) is 4. The summed E-state index contributed by atoms with van der Waals surface area (Å²) in [5.74, 6) is 2.54. The van der Waals surface area contributed by atoms with Crippen LogP contribution in [-0.4, -0.2) is 32.6 Å². The number of pyridine rings is 2. The predicted octanol–water partition coefficient (Wildman–Crippen LogP) is 3.76. The molecule has 0 radical (unpaired) electrons. The lowest BCUT2D eigenvalue weighted by molar-refractivity contribution is 0.474. The average Bonchev–Trinajstić information content (AvgIpc) is 3.11. The maximum absolute atomic E-state index is 5.96. The molecule has 3 aromatic heterocycles. The molecule has 1 saturated heterocycles. The first kappa shape index (κ1) is 16.1. The van der Waals surface area contributed by atoms with Gasteiger partial charge in [-0.25, -0.2) is 9.97 Å². The zero-order valence-electron chi connectivity index (χ0n) is 13.9. The van der Waals surface area contributed by atoms with Crippen LogP contribution in [0.4, 0.5) is 5.82 Å². The highest BCUT2D eigenvalue weighted by Crippen LogP contribution is 2.29. The van der Waals surface area contributed by atoms with E-state index in [0.717, 1.165) is 44.1 Å². The van der Waals surface area contributed by atoms with Gasteiger partial charge in [0.05, 0.1) is 5.02 Å². The first-order valence-electron chi connectivity index (χ1n) is 8.56. The third kappa shape index (κ3) is 3.66. The van der Waals surface area contributed by atoms with E-state index in [2.05, 4.69) is 42.7 Å². The smallest absolute Gasteiger partial charge is 0.128 e. The molecular weight excluding hydrogens is 334 g/mol. The number of hydrogen-bond donors (Lipinski definition) is 0. The Morgan fingerprint density at radius 3 is 2.76 bits per heavy atom. The maximum Gasteiger partial charge on any atom is 0.128 e. The van der Waals surface area contributed by atoms with Crippen molar-refractivity contribution in [3.05, 3.63) is 71.7 Å². The zero-order valence-corrected chi connectivity index (χ0v) is 14.7. The molecule has 3 aromatic rings. The highest BCUT2D eigenvalue weighted by molar-refractivity contribution is 6.30. The number of aromatic nitrogens is 4. The van der Waals surface area contributed by atoms with Crippen molar-refractivity contribution in [1.29, 1.82) is 0 Å². The number of rotatable bonds is 4. The monoisotopic (exact) mass is 353 g/mol. The molecule has 1 aliphatic heterocycles. The van der Waals surface area contributed by atoms with Crippen molar-refractivity contribution >= 4 is 17.4 Å². The van der Waals surface area contributed by atoms with Gasteiger partial charge in [0.2, 0.25) is 0 Å². The van der Waals surface area contributed by atoms with Crippen molar-refractivity contribution in [3.63, 3.8) is 0 Å². The molecule has 128 valence electrons. The van der Waals surface area contributed by atoms with Gasteiger partial charge in [0, 0.05) is 56.5 Å². The molecule has 25 heavy (non-hydrogen) atoms. The van der Waals surface area contributed by atoms with Crippen LogP contribution in [0.15, 0.2) is 55.2 Å². The molecule has 6 heteroatoms. The van der Waals surface area contributed by atoms with Crippen molar-refractivity contribution in [1.82, 2.24) is 19.5 Å². The normalized spacial score (nSPS) is 17.6. The number of anilines is 1. The maximum atomic E-state index is 5.96. The van der Waals surface area contributed by atoms with Gasteiger partial charge in [0.25, 0.3) is 0 Å². The molecule has 1 atom stereocenters. The Morgan fingerprint density at radius 2 is 1.96 bits per heavy atom. The molecule has 0 aromatic carbocycles. The lowest BCUT2D eigenvalue weighted by Crippen LogP contribution is -2.35. The van der Waals surface area contributed by atoms with E-state index in [4.69, 9.17) is 11.6 Å². The van der Waals surface area contributed by atoms with Gasteiger partial charge in [0.15, 0.2) is 0 Å². The molecule has 0 spiro atoms. The summed E-state index contributed by atoms with van der Waals surface area (Å²) in [5, 5.41) is 0.671. The summed E-state index contributed by atoms with van der Waals surface area (Å²) in [6.45, 7) is 2.78. The molecule has 1 fully saturated rings. The fourth-order valence-corrected chi connectivity index (χ4v) is 3.56. The predicted molar refractivity (Wildman–Crippen MR) is 99.0 cm³/mol. The second kappa shape index (κ2) is 7.23. The molecule has 4 heterocycles. The van der Waals surface area contributed by atoms with Crippen LogP contribution in [0.25, 0.3) is 0 Å². The number of nitrogens with zero attached hydrogens (tertiary/aromatic N) is 5. The number of halogens is 1. The Morgan fingerprint density at radius 1 is 1.08 bits per heavy atom. The van der Waals surface area contributed by atoms with Gasteiger partial charge < -0.3 is 9.47 Å². The van der Waals surface area contributed by atoms with Crippen LogP contribution in [0.1, 0.15) is 30.1 Å². The summed E-state index contributed by atoms with van der Waals surface area (Å²) in [5.41, 5.74) is 1.24. The molecule has 1 aliphatic rings. The summed E-state index contributed by atoms with van der Waals surface area (Å²) in [7, 11) is 0. The summed E-state index contributed by atoms with van der Waals surface area (Å²) < 4.78 is 2.25. The van der Waals surface area contributed by atoms with Crippen LogP contribution in [0.2, 0.25) is 5.02 Å². The van der Waals surface area contributed by atoms with Crippen LogP contribution in [0.5, 0.6) is 0 Å². The van der Waals surface area contributed by atoms with E-state index < -0.39 is 0 Å². The first-order chi connectivity index (χ1) is 12.3. The molecule has 0 bridgehead atoms. The highest BCUT2D eigenvalue weighted by atomic mass is 35.5. The number of piperidine rings is 1. The van der Waals surface area contributed by atoms with Gasteiger partial charge in [-0.3, -0.25) is 4.98 Å². The van der Waals surface area contributed by atoms with Crippen LogP contribution in [-0.2, 0) is 6.54 Å². The second-order valence-corrected chi connectivity index (χ2v) is 6.83. The van der Waals surface area contributed by atoms with E-state index in [0.29, 0.717) is 10.9 Å². The zero-order chi connectivity index (χ0) is 17.1. The molecule has 0 aliphatic carbocycles. The van der Waals surface area contributed by atoms with Gasteiger partial charge in [-0.2, -0.15) is 0 Å². The lowest BCUT2D eigenvalue weighted by atomic mass is 9.97. The van der Waals surface area contributed by atoms with E-state index in [1.165, 1.54) is 5.56 Å². The quantitative estimate of drug-likeness (QED) is 0.716. The largest absolute Gasteiger partial charge is 0.356 e. The minimum atomic E-state index is 0.406. The Kier molecular flexibility index (Phi) is 4.65. The minimum Gasteiger partial charge on any atom is -0.356 e. The summed E-state index contributed by atoms with van der Waals surface area (Å²) >= 11 is 5.96. The van der Waals surface area contributed by atoms with Crippen molar-refractivity contribution in [2.45, 2.75) is 25.3 Å². The molecule has 0 amide bonds. The topological polar surface area (TPSA) is 46.8 Å². The summed E-state index contributed by atoms with van der Waals surface area (Å²) in [4.78, 5) is 15.5. The molecular formula is C19H20ClN5. The molecule has 0 unspecified atom stereocenters. The fraction of sp³-hybridized carbons (Fsp3) is 0.316. The van der Waals surface area contributed by atoms with Gasteiger partial charge in [-0.15, -0.1) is 0 Å². The Hall–Kier alpha value is -2.40. The van der Waals surface area contributed by atoms with Crippen molar-refractivity contribution in [2.75, 3.05) is 18.0 Å². The fourth-order valence-electron chi connectivity index (χ4n) is 3.45. The highest BCUT2D eigenvalue weighted by Gasteiger charge is 2.25. The minimum absolute atomic E-state index is 0.406. The van der Waals surface area contributed by atoms with E-state index in [1.807, 2.05) is 30.7 Å². The van der Waals surface area contributed by atoms with Crippen molar-refractivity contribution < 1.29 is 0 Å². The van der Waals surface area contributed by atoms with Gasteiger partial charge in [-0.05, 0) is 42.7 Å². The van der Waals surface area contributed by atoms with Crippen molar-refractivity contribution in [3.8, 4) is 0 Å². The van der Waals surface area contributed by atoms with Crippen LogP contribution >= 0.6 is 11.6 Å². The Balaban J connectivity index is 1.52. The van der Waals surface area contributed by atoms with Crippen LogP contribution < -0.4 is 4.90 Å². The first-order valence-corrected chi connectivity index (χ1v) is 8.94. The lowest BCUT2D eigenvalue weighted by Gasteiger charge is -2.33. The summed E-state index contributed by atoms with van der Waals surface area (Å²) in [6.07, 6.45) is 11.6. The van der Waals surface area contributed by atoms with E-state index in [9.17, 15) is 0 Å². The molecule has 0 N–H and O–H groups in total. The third-order valence-electron chi connectivity index (χ3n) is 4.67. The Bertz CT molecular complexity index is 815.